The van der Waals surface area contributed by atoms with Gasteiger partial charge in [0.1, 0.15) is 6.10 Å². The number of carbonyl (C=O) groups is 2. The minimum Gasteiger partial charge on any atom is -0.479 e. The zero-order valence-corrected chi connectivity index (χ0v) is 14.2. The first-order chi connectivity index (χ1) is 12.0. The van der Waals surface area contributed by atoms with Gasteiger partial charge >= 0.3 is 5.97 Å². The van der Waals surface area contributed by atoms with Crippen molar-refractivity contribution in [1.82, 2.24) is 5.32 Å². The molecule has 2 N–H and O–H groups in total. The van der Waals surface area contributed by atoms with Crippen LogP contribution >= 0.6 is 11.6 Å². The van der Waals surface area contributed by atoms with Gasteiger partial charge in [-0.1, -0.05) is 48.0 Å². The maximum atomic E-state index is 12.2. The predicted octanol–water partition coefficient (Wildman–Crippen LogP) is 3.26. The normalized spacial score (nSPS) is 19.6. The van der Waals surface area contributed by atoms with Crippen LogP contribution in [0.2, 0.25) is 5.02 Å². The van der Waals surface area contributed by atoms with E-state index in [0.717, 1.165) is 16.7 Å². The van der Waals surface area contributed by atoms with Crippen LogP contribution in [-0.4, -0.2) is 29.2 Å². The number of rotatable bonds is 5. The molecule has 6 heteroatoms. The highest BCUT2D eigenvalue weighted by Crippen LogP contribution is 2.25. The van der Waals surface area contributed by atoms with E-state index >= 15 is 0 Å². The van der Waals surface area contributed by atoms with Gasteiger partial charge in [0.25, 0.3) is 0 Å². The standard InChI is InChI=1S/C19H18ClNO4/c20-14-7-5-12(6-8-14)15-4-2-1-3-13(15)11-21-18(22)16-9-10-17(25-16)19(23)24/h1-8,16-17H,9-11H2,(H,21,22)(H,23,24)/t16-,17+/m0/s1. The summed E-state index contributed by atoms with van der Waals surface area (Å²) in [5.41, 5.74) is 2.98. The highest BCUT2D eigenvalue weighted by Gasteiger charge is 2.34. The Morgan fingerprint density at radius 3 is 2.44 bits per heavy atom. The van der Waals surface area contributed by atoms with Crippen molar-refractivity contribution < 1.29 is 19.4 Å². The number of nitrogens with one attached hydrogen (secondary N) is 1. The van der Waals surface area contributed by atoms with Gasteiger partial charge in [-0.15, -0.1) is 0 Å². The number of hydrogen-bond acceptors (Lipinski definition) is 3. The number of carboxylic acids is 1. The summed E-state index contributed by atoms with van der Waals surface area (Å²) in [4.78, 5) is 23.1. The molecule has 1 saturated heterocycles. The van der Waals surface area contributed by atoms with Gasteiger partial charge in [-0.2, -0.15) is 0 Å². The van der Waals surface area contributed by atoms with Crippen LogP contribution in [0.25, 0.3) is 11.1 Å². The average Bonchev–Trinajstić information content (AvgIpc) is 3.11. The van der Waals surface area contributed by atoms with E-state index in [4.69, 9.17) is 21.4 Å². The van der Waals surface area contributed by atoms with E-state index in [0.29, 0.717) is 24.4 Å². The number of benzene rings is 2. The smallest absolute Gasteiger partial charge is 0.332 e. The van der Waals surface area contributed by atoms with Crippen LogP contribution in [0.5, 0.6) is 0 Å². The second-order valence-electron chi connectivity index (χ2n) is 5.91. The fourth-order valence-corrected chi connectivity index (χ4v) is 3.02. The Balaban J connectivity index is 1.67. The molecule has 1 fully saturated rings. The number of carbonyl (C=O) groups excluding carboxylic acids is 1. The summed E-state index contributed by atoms with van der Waals surface area (Å²) >= 11 is 5.94. The lowest BCUT2D eigenvalue weighted by molar-refractivity contribution is -0.151. The Morgan fingerprint density at radius 1 is 1.08 bits per heavy atom. The first-order valence-corrected chi connectivity index (χ1v) is 8.42. The van der Waals surface area contributed by atoms with E-state index < -0.39 is 18.2 Å². The zero-order valence-electron chi connectivity index (χ0n) is 13.4. The molecule has 2 aromatic carbocycles. The highest BCUT2D eigenvalue weighted by molar-refractivity contribution is 6.30. The van der Waals surface area contributed by atoms with Crippen molar-refractivity contribution in [2.75, 3.05) is 0 Å². The average molecular weight is 360 g/mol. The third-order valence-electron chi connectivity index (χ3n) is 4.21. The molecular formula is C19H18ClNO4. The summed E-state index contributed by atoms with van der Waals surface area (Å²) in [7, 11) is 0. The van der Waals surface area contributed by atoms with Gasteiger partial charge in [-0.3, -0.25) is 4.79 Å². The number of ether oxygens (including phenoxy) is 1. The van der Waals surface area contributed by atoms with E-state index in [2.05, 4.69) is 5.32 Å². The SMILES string of the molecule is O=C(NCc1ccccc1-c1ccc(Cl)cc1)[C@@H]1CC[C@H](C(=O)O)O1. The monoisotopic (exact) mass is 359 g/mol. The van der Waals surface area contributed by atoms with Gasteiger partial charge in [0.2, 0.25) is 5.91 Å². The molecule has 1 aliphatic rings. The Bertz CT molecular complexity index is 775. The molecule has 0 unspecified atom stereocenters. The number of hydrogen-bond donors (Lipinski definition) is 2. The lowest BCUT2D eigenvalue weighted by atomic mass is 9.99. The van der Waals surface area contributed by atoms with E-state index in [9.17, 15) is 9.59 Å². The van der Waals surface area contributed by atoms with Crippen molar-refractivity contribution in [1.29, 1.82) is 0 Å². The van der Waals surface area contributed by atoms with Crippen molar-refractivity contribution >= 4 is 23.5 Å². The molecule has 0 bridgehead atoms. The van der Waals surface area contributed by atoms with Gasteiger partial charge in [0.05, 0.1) is 0 Å². The van der Waals surface area contributed by atoms with Crippen molar-refractivity contribution in [3.63, 3.8) is 0 Å². The van der Waals surface area contributed by atoms with Gasteiger partial charge in [-0.25, -0.2) is 4.79 Å². The third-order valence-corrected chi connectivity index (χ3v) is 4.47. The van der Waals surface area contributed by atoms with Crippen LogP contribution in [-0.2, 0) is 20.9 Å². The fraction of sp³-hybridized carbons (Fsp3) is 0.263. The largest absolute Gasteiger partial charge is 0.479 e. The molecule has 0 aliphatic carbocycles. The molecular weight excluding hydrogens is 342 g/mol. The third kappa shape index (κ3) is 4.18. The number of carboxylic acid groups (broad SMARTS) is 1. The Hall–Kier alpha value is -2.37. The maximum absolute atomic E-state index is 12.2. The van der Waals surface area contributed by atoms with E-state index in [1.54, 1.807) is 0 Å². The van der Waals surface area contributed by atoms with Gasteiger partial charge < -0.3 is 15.2 Å². The van der Waals surface area contributed by atoms with Gasteiger partial charge in [0, 0.05) is 11.6 Å². The molecule has 5 nitrogen and oxygen atoms in total. The van der Waals surface area contributed by atoms with Crippen LogP contribution in [0, 0.1) is 0 Å². The number of halogens is 1. The molecule has 25 heavy (non-hydrogen) atoms. The molecule has 0 saturated carbocycles. The molecule has 1 heterocycles. The molecule has 2 atom stereocenters. The molecule has 2 aromatic rings. The van der Waals surface area contributed by atoms with Crippen LogP contribution < -0.4 is 5.32 Å². The van der Waals surface area contributed by atoms with E-state index in [1.807, 2.05) is 48.5 Å². The topological polar surface area (TPSA) is 75.6 Å². The van der Waals surface area contributed by atoms with Crippen LogP contribution in [0.1, 0.15) is 18.4 Å². The van der Waals surface area contributed by atoms with Gasteiger partial charge in [0.15, 0.2) is 6.10 Å². The first kappa shape index (κ1) is 17.5. The number of amides is 1. The lowest BCUT2D eigenvalue weighted by Gasteiger charge is -2.14. The van der Waals surface area contributed by atoms with Crippen molar-refractivity contribution in [3.05, 3.63) is 59.1 Å². The lowest BCUT2D eigenvalue weighted by Crippen LogP contribution is -2.35. The molecule has 0 aromatic heterocycles. The summed E-state index contributed by atoms with van der Waals surface area (Å²) in [6, 6.07) is 15.3. The summed E-state index contributed by atoms with van der Waals surface area (Å²) in [5.74, 6) is -1.31. The minimum absolute atomic E-state index is 0.283. The molecule has 3 rings (SSSR count). The zero-order chi connectivity index (χ0) is 17.8. The summed E-state index contributed by atoms with van der Waals surface area (Å²) in [5, 5.41) is 12.4. The second-order valence-corrected chi connectivity index (χ2v) is 6.35. The summed E-state index contributed by atoms with van der Waals surface area (Å²) in [6.07, 6.45) is -0.822. The maximum Gasteiger partial charge on any atom is 0.332 e. The first-order valence-electron chi connectivity index (χ1n) is 8.04. The predicted molar refractivity (Wildman–Crippen MR) is 94.3 cm³/mol. The van der Waals surface area contributed by atoms with Crippen molar-refractivity contribution in [2.45, 2.75) is 31.6 Å². The van der Waals surface area contributed by atoms with Crippen molar-refractivity contribution in [3.8, 4) is 11.1 Å². The van der Waals surface area contributed by atoms with Crippen LogP contribution in [0.15, 0.2) is 48.5 Å². The fourth-order valence-electron chi connectivity index (χ4n) is 2.89. The quantitative estimate of drug-likeness (QED) is 0.859. The Morgan fingerprint density at radius 2 is 1.76 bits per heavy atom. The Kier molecular flexibility index (Phi) is 5.36. The van der Waals surface area contributed by atoms with E-state index in [1.165, 1.54) is 0 Å². The molecule has 1 aliphatic heterocycles. The van der Waals surface area contributed by atoms with E-state index in [-0.39, 0.29) is 5.91 Å². The molecule has 130 valence electrons. The molecule has 1 amide bonds. The second kappa shape index (κ2) is 7.68. The highest BCUT2D eigenvalue weighted by atomic mass is 35.5. The minimum atomic E-state index is -1.02. The van der Waals surface area contributed by atoms with Crippen molar-refractivity contribution in [2.24, 2.45) is 0 Å². The molecule has 0 radical (unpaired) electrons. The number of aliphatic carboxylic acids is 1. The Labute approximate surface area is 150 Å². The van der Waals surface area contributed by atoms with Crippen LogP contribution in [0.3, 0.4) is 0 Å². The van der Waals surface area contributed by atoms with Gasteiger partial charge in [-0.05, 0) is 41.7 Å². The van der Waals surface area contributed by atoms with Crippen LogP contribution in [0.4, 0.5) is 0 Å². The summed E-state index contributed by atoms with van der Waals surface area (Å²) < 4.78 is 5.27. The summed E-state index contributed by atoms with van der Waals surface area (Å²) in [6.45, 7) is 0.342. The molecule has 0 spiro atoms.